The van der Waals surface area contributed by atoms with Crippen molar-refractivity contribution in [3.05, 3.63) is 72.3 Å². The Kier molecular flexibility index (Phi) is 4.62. The van der Waals surface area contributed by atoms with Gasteiger partial charge in [0.25, 0.3) is 0 Å². The monoisotopic (exact) mass is 253 g/mol. The first-order valence-corrected chi connectivity index (χ1v) is 6.39. The molecule has 0 aromatic heterocycles. The van der Waals surface area contributed by atoms with E-state index in [1.807, 2.05) is 36.4 Å². The van der Waals surface area contributed by atoms with Gasteiger partial charge in [-0.15, -0.1) is 6.58 Å². The summed E-state index contributed by atoms with van der Waals surface area (Å²) in [5, 5.41) is 3.46. The van der Waals surface area contributed by atoms with E-state index in [9.17, 15) is 0 Å². The van der Waals surface area contributed by atoms with Crippen LogP contribution in [-0.4, -0.2) is 7.11 Å². The maximum atomic E-state index is 5.27. The maximum Gasteiger partial charge on any atom is 0.120 e. The normalized spacial score (nSPS) is 9.95. The molecule has 2 aromatic rings. The van der Waals surface area contributed by atoms with Gasteiger partial charge in [-0.25, -0.2) is 0 Å². The van der Waals surface area contributed by atoms with Crippen LogP contribution in [0.25, 0.3) is 0 Å². The van der Waals surface area contributed by atoms with Crippen LogP contribution in [0.3, 0.4) is 0 Å². The largest absolute Gasteiger partial charge is 0.497 e. The molecule has 0 aliphatic carbocycles. The Morgan fingerprint density at radius 3 is 2.63 bits per heavy atom. The van der Waals surface area contributed by atoms with Crippen molar-refractivity contribution in [2.45, 2.75) is 13.0 Å². The van der Waals surface area contributed by atoms with E-state index in [2.05, 4.69) is 30.1 Å². The molecule has 0 saturated carbocycles. The van der Waals surface area contributed by atoms with E-state index in [1.165, 1.54) is 11.1 Å². The minimum atomic E-state index is 0.804. The Hall–Kier alpha value is -2.22. The van der Waals surface area contributed by atoms with Crippen molar-refractivity contribution in [3.8, 4) is 5.75 Å². The van der Waals surface area contributed by atoms with Gasteiger partial charge in [-0.2, -0.15) is 0 Å². The Morgan fingerprint density at radius 2 is 1.95 bits per heavy atom. The van der Waals surface area contributed by atoms with Gasteiger partial charge in [-0.05, 0) is 23.6 Å². The number of methoxy groups -OCH3 is 1. The van der Waals surface area contributed by atoms with Gasteiger partial charge in [0.15, 0.2) is 0 Å². The molecule has 0 atom stereocenters. The van der Waals surface area contributed by atoms with E-state index >= 15 is 0 Å². The minimum absolute atomic E-state index is 0.804. The van der Waals surface area contributed by atoms with Crippen LogP contribution >= 0.6 is 0 Å². The highest BCUT2D eigenvalue weighted by molar-refractivity contribution is 5.56. The molecule has 2 heteroatoms. The first-order valence-electron chi connectivity index (χ1n) is 6.39. The molecule has 0 bridgehead atoms. The number of hydrogen-bond acceptors (Lipinski definition) is 2. The van der Waals surface area contributed by atoms with Crippen LogP contribution in [0.2, 0.25) is 0 Å². The molecule has 2 nitrogen and oxygen atoms in total. The third kappa shape index (κ3) is 3.62. The fourth-order valence-corrected chi connectivity index (χ4v) is 1.97. The number of nitrogens with one attached hydrogen (secondary N) is 1. The predicted molar refractivity (Wildman–Crippen MR) is 80.7 cm³/mol. The number of ether oxygens (including phenoxy) is 1. The van der Waals surface area contributed by atoms with E-state index in [-0.39, 0.29) is 0 Å². The van der Waals surface area contributed by atoms with Crippen molar-refractivity contribution in [1.29, 1.82) is 0 Å². The van der Waals surface area contributed by atoms with Gasteiger partial charge in [0, 0.05) is 18.3 Å². The molecule has 98 valence electrons. The van der Waals surface area contributed by atoms with Crippen LogP contribution in [0, 0.1) is 0 Å². The molecule has 0 saturated heterocycles. The van der Waals surface area contributed by atoms with Crippen molar-refractivity contribution in [1.82, 2.24) is 0 Å². The SMILES string of the molecule is C=CCc1ccc(OC)cc1NCc1ccccc1. The summed E-state index contributed by atoms with van der Waals surface area (Å²) < 4.78 is 5.27. The highest BCUT2D eigenvalue weighted by atomic mass is 16.5. The lowest BCUT2D eigenvalue weighted by atomic mass is 10.1. The average Bonchev–Trinajstić information content (AvgIpc) is 2.47. The zero-order valence-corrected chi connectivity index (χ0v) is 11.2. The molecular weight excluding hydrogens is 234 g/mol. The summed E-state index contributed by atoms with van der Waals surface area (Å²) in [4.78, 5) is 0. The van der Waals surface area contributed by atoms with Gasteiger partial charge in [0.1, 0.15) is 5.75 Å². The fourth-order valence-electron chi connectivity index (χ4n) is 1.97. The van der Waals surface area contributed by atoms with Crippen LogP contribution in [-0.2, 0) is 13.0 Å². The van der Waals surface area contributed by atoms with E-state index in [0.29, 0.717) is 0 Å². The first-order chi connectivity index (χ1) is 9.33. The van der Waals surface area contributed by atoms with E-state index in [0.717, 1.165) is 24.4 Å². The number of benzene rings is 2. The van der Waals surface area contributed by atoms with Crippen molar-refractivity contribution in [3.63, 3.8) is 0 Å². The lowest BCUT2D eigenvalue weighted by Crippen LogP contribution is -2.02. The van der Waals surface area contributed by atoms with Gasteiger partial charge in [-0.1, -0.05) is 42.5 Å². The molecule has 19 heavy (non-hydrogen) atoms. The first kappa shape index (κ1) is 13.2. The Bertz CT molecular complexity index is 534. The van der Waals surface area contributed by atoms with Crippen LogP contribution in [0.4, 0.5) is 5.69 Å². The Morgan fingerprint density at radius 1 is 1.16 bits per heavy atom. The molecule has 0 fully saturated rings. The second-order valence-corrected chi connectivity index (χ2v) is 4.36. The Balaban J connectivity index is 2.15. The summed E-state index contributed by atoms with van der Waals surface area (Å²) in [5.74, 6) is 0.864. The predicted octanol–water partition coefficient (Wildman–Crippen LogP) is 4.04. The average molecular weight is 253 g/mol. The molecule has 0 heterocycles. The standard InChI is InChI=1S/C17H19NO/c1-3-7-15-10-11-16(19-2)12-17(15)18-13-14-8-5-4-6-9-14/h3-6,8-12,18H,1,7,13H2,2H3. The van der Waals surface area contributed by atoms with Crippen LogP contribution in [0.15, 0.2) is 61.2 Å². The number of rotatable bonds is 6. The minimum Gasteiger partial charge on any atom is -0.497 e. The number of allylic oxidation sites excluding steroid dienone is 1. The fraction of sp³-hybridized carbons (Fsp3) is 0.176. The van der Waals surface area contributed by atoms with Crippen LogP contribution in [0.1, 0.15) is 11.1 Å². The van der Waals surface area contributed by atoms with Crippen LogP contribution in [0.5, 0.6) is 5.75 Å². The quantitative estimate of drug-likeness (QED) is 0.785. The van der Waals surface area contributed by atoms with Gasteiger partial charge in [-0.3, -0.25) is 0 Å². The smallest absolute Gasteiger partial charge is 0.120 e. The molecular formula is C17H19NO. The second kappa shape index (κ2) is 6.64. The van der Waals surface area contributed by atoms with Crippen molar-refractivity contribution < 1.29 is 4.74 Å². The van der Waals surface area contributed by atoms with Crippen LogP contribution < -0.4 is 10.1 Å². The molecule has 2 rings (SSSR count). The van der Waals surface area contributed by atoms with Gasteiger partial charge in [0.05, 0.1) is 7.11 Å². The Labute approximate surface area is 114 Å². The highest BCUT2D eigenvalue weighted by Gasteiger charge is 2.03. The molecule has 0 aliphatic heterocycles. The summed E-state index contributed by atoms with van der Waals surface area (Å²) in [6.07, 6.45) is 2.76. The summed E-state index contributed by atoms with van der Waals surface area (Å²) in [7, 11) is 1.68. The lowest BCUT2D eigenvalue weighted by molar-refractivity contribution is 0.415. The summed E-state index contributed by atoms with van der Waals surface area (Å²) >= 11 is 0. The van der Waals surface area contributed by atoms with E-state index < -0.39 is 0 Å². The summed E-state index contributed by atoms with van der Waals surface area (Å²) in [6, 6.07) is 16.4. The summed E-state index contributed by atoms with van der Waals surface area (Å²) in [6.45, 7) is 4.60. The third-order valence-electron chi connectivity index (χ3n) is 3.01. The molecule has 1 N–H and O–H groups in total. The maximum absolute atomic E-state index is 5.27. The topological polar surface area (TPSA) is 21.3 Å². The zero-order chi connectivity index (χ0) is 13.5. The summed E-state index contributed by atoms with van der Waals surface area (Å²) in [5.41, 5.74) is 3.59. The molecule has 0 amide bonds. The second-order valence-electron chi connectivity index (χ2n) is 4.36. The molecule has 0 radical (unpaired) electrons. The third-order valence-corrected chi connectivity index (χ3v) is 3.01. The molecule has 0 spiro atoms. The van der Waals surface area contributed by atoms with Gasteiger partial charge >= 0.3 is 0 Å². The lowest BCUT2D eigenvalue weighted by Gasteiger charge is -2.13. The molecule has 2 aromatic carbocycles. The van der Waals surface area contributed by atoms with E-state index in [4.69, 9.17) is 4.74 Å². The number of hydrogen-bond donors (Lipinski definition) is 1. The van der Waals surface area contributed by atoms with E-state index in [1.54, 1.807) is 7.11 Å². The number of anilines is 1. The van der Waals surface area contributed by atoms with Gasteiger partial charge in [0.2, 0.25) is 0 Å². The van der Waals surface area contributed by atoms with Gasteiger partial charge < -0.3 is 10.1 Å². The van der Waals surface area contributed by atoms with Crippen molar-refractivity contribution in [2.24, 2.45) is 0 Å². The molecule has 0 unspecified atom stereocenters. The zero-order valence-electron chi connectivity index (χ0n) is 11.2. The van der Waals surface area contributed by atoms with Crippen molar-refractivity contribution in [2.75, 3.05) is 12.4 Å². The molecule has 0 aliphatic rings. The highest BCUT2D eigenvalue weighted by Crippen LogP contribution is 2.23. The van der Waals surface area contributed by atoms with Crippen molar-refractivity contribution >= 4 is 5.69 Å².